The summed E-state index contributed by atoms with van der Waals surface area (Å²) in [5.41, 5.74) is 0. The predicted molar refractivity (Wildman–Crippen MR) is 148 cm³/mol. The topological polar surface area (TPSA) is 89.8 Å². The summed E-state index contributed by atoms with van der Waals surface area (Å²) >= 11 is 0. The molecule has 0 aromatic rings. The number of carbonyl (C=O) groups is 1. The fourth-order valence-electron chi connectivity index (χ4n) is 4.18. The second-order valence-electron chi connectivity index (χ2n) is 10.0. The van der Waals surface area contributed by atoms with E-state index < -0.39 is 18.2 Å². The SMILES string of the molecule is CCCCC/C=C/CC/C=C/C(O)C(CO)NC(=O)CC(O)CCCCCCCCCCCCC. The molecule has 5 nitrogen and oxygen atoms in total. The zero-order chi connectivity index (χ0) is 26.0. The van der Waals surface area contributed by atoms with Gasteiger partial charge in [-0.2, -0.15) is 0 Å². The zero-order valence-corrected chi connectivity index (χ0v) is 22.9. The summed E-state index contributed by atoms with van der Waals surface area (Å²) < 4.78 is 0. The van der Waals surface area contributed by atoms with Crippen molar-refractivity contribution in [3.8, 4) is 0 Å². The summed E-state index contributed by atoms with van der Waals surface area (Å²) in [6.45, 7) is 4.10. The second kappa shape index (κ2) is 25.9. The fourth-order valence-corrected chi connectivity index (χ4v) is 4.18. The first-order valence-electron chi connectivity index (χ1n) is 14.6. The van der Waals surface area contributed by atoms with Gasteiger partial charge in [-0.3, -0.25) is 4.79 Å². The standard InChI is InChI=1S/C30H57NO4/c1-3-5-7-9-11-13-14-16-17-19-21-23-27(33)25-30(35)31-28(26-32)29(34)24-22-20-18-15-12-10-8-6-4-2/h12,15,22,24,27-29,32-34H,3-11,13-14,16-21,23,25-26H2,1-2H3,(H,31,35)/b15-12+,24-22+. The second-order valence-corrected chi connectivity index (χ2v) is 10.0. The number of hydrogen-bond donors (Lipinski definition) is 4. The molecule has 0 aromatic heterocycles. The van der Waals surface area contributed by atoms with Crippen molar-refractivity contribution in [2.45, 2.75) is 154 Å². The third kappa shape index (κ3) is 23.0. The molecule has 0 aromatic carbocycles. The van der Waals surface area contributed by atoms with E-state index in [9.17, 15) is 20.1 Å². The van der Waals surface area contributed by atoms with Crippen LogP contribution in [0, 0.1) is 0 Å². The summed E-state index contributed by atoms with van der Waals surface area (Å²) in [6, 6.07) is -0.752. The van der Waals surface area contributed by atoms with Gasteiger partial charge in [0, 0.05) is 0 Å². The van der Waals surface area contributed by atoms with E-state index in [2.05, 4.69) is 31.3 Å². The van der Waals surface area contributed by atoms with Crippen LogP contribution in [0.4, 0.5) is 0 Å². The van der Waals surface area contributed by atoms with Crippen LogP contribution in [-0.4, -0.2) is 46.1 Å². The minimum absolute atomic E-state index is 0.00746. The molecular weight excluding hydrogens is 438 g/mol. The molecule has 0 saturated heterocycles. The average Bonchev–Trinajstić information content (AvgIpc) is 2.84. The molecule has 0 saturated carbocycles. The number of amides is 1. The first-order valence-corrected chi connectivity index (χ1v) is 14.6. The molecule has 0 rings (SSSR count). The smallest absolute Gasteiger partial charge is 0.222 e. The van der Waals surface area contributed by atoms with Gasteiger partial charge in [-0.25, -0.2) is 0 Å². The first kappa shape index (κ1) is 33.8. The van der Waals surface area contributed by atoms with Crippen molar-refractivity contribution in [1.29, 1.82) is 0 Å². The molecule has 3 atom stereocenters. The number of unbranched alkanes of at least 4 members (excludes halogenated alkanes) is 14. The number of allylic oxidation sites excluding steroid dienone is 3. The molecule has 4 N–H and O–H groups in total. The number of rotatable bonds is 25. The van der Waals surface area contributed by atoms with Gasteiger partial charge in [0.1, 0.15) is 0 Å². The monoisotopic (exact) mass is 495 g/mol. The summed E-state index contributed by atoms with van der Waals surface area (Å²) in [4.78, 5) is 12.2. The van der Waals surface area contributed by atoms with Crippen LogP contribution in [0.3, 0.4) is 0 Å². The molecule has 0 spiro atoms. The Balaban J connectivity index is 3.87. The molecule has 0 heterocycles. The summed E-state index contributed by atoms with van der Waals surface area (Å²) in [5, 5.41) is 32.7. The van der Waals surface area contributed by atoms with E-state index in [1.54, 1.807) is 6.08 Å². The largest absolute Gasteiger partial charge is 0.394 e. The lowest BCUT2D eigenvalue weighted by molar-refractivity contribution is -0.124. The predicted octanol–water partition coefficient (Wildman–Crippen LogP) is 6.75. The highest BCUT2D eigenvalue weighted by Gasteiger charge is 2.19. The Kier molecular flexibility index (Phi) is 25.0. The molecule has 0 aliphatic carbocycles. The van der Waals surface area contributed by atoms with E-state index >= 15 is 0 Å². The highest BCUT2D eigenvalue weighted by molar-refractivity contribution is 5.76. The Morgan fingerprint density at radius 2 is 1.23 bits per heavy atom. The van der Waals surface area contributed by atoms with Gasteiger partial charge in [0.05, 0.1) is 31.3 Å². The summed E-state index contributed by atoms with van der Waals surface area (Å²) in [6.07, 6.45) is 27.3. The minimum atomic E-state index is -0.943. The first-order chi connectivity index (χ1) is 17.0. The van der Waals surface area contributed by atoms with Gasteiger partial charge in [-0.15, -0.1) is 0 Å². The van der Waals surface area contributed by atoms with Crippen LogP contribution >= 0.6 is 0 Å². The Bertz CT molecular complexity index is 520. The highest BCUT2D eigenvalue weighted by atomic mass is 16.3. The van der Waals surface area contributed by atoms with Crippen molar-refractivity contribution in [3.05, 3.63) is 24.3 Å². The van der Waals surface area contributed by atoms with E-state index in [0.717, 1.165) is 32.1 Å². The molecule has 1 amide bonds. The van der Waals surface area contributed by atoms with E-state index in [4.69, 9.17) is 0 Å². The molecule has 0 bridgehead atoms. The van der Waals surface area contributed by atoms with Crippen molar-refractivity contribution >= 4 is 5.91 Å². The average molecular weight is 496 g/mol. The lowest BCUT2D eigenvalue weighted by Crippen LogP contribution is -2.45. The van der Waals surface area contributed by atoms with Crippen molar-refractivity contribution < 1.29 is 20.1 Å². The Morgan fingerprint density at radius 3 is 1.83 bits per heavy atom. The van der Waals surface area contributed by atoms with Gasteiger partial charge in [-0.1, -0.05) is 122 Å². The minimum Gasteiger partial charge on any atom is -0.394 e. The Morgan fingerprint density at radius 1 is 0.714 bits per heavy atom. The van der Waals surface area contributed by atoms with Crippen LogP contribution < -0.4 is 5.32 Å². The van der Waals surface area contributed by atoms with Crippen LogP contribution in [0.5, 0.6) is 0 Å². The van der Waals surface area contributed by atoms with Crippen molar-refractivity contribution in [2.24, 2.45) is 0 Å². The van der Waals surface area contributed by atoms with Gasteiger partial charge in [-0.05, 0) is 32.1 Å². The normalized spacial score (nSPS) is 14.5. The van der Waals surface area contributed by atoms with Gasteiger partial charge < -0.3 is 20.6 Å². The maximum Gasteiger partial charge on any atom is 0.222 e. The van der Waals surface area contributed by atoms with Crippen LogP contribution in [-0.2, 0) is 4.79 Å². The van der Waals surface area contributed by atoms with Crippen molar-refractivity contribution in [3.63, 3.8) is 0 Å². The molecule has 0 radical (unpaired) electrons. The summed E-state index contributed by atoms with van der Waals surface area (Å²) in [7, 11) is 0. The van der Waals surface area contributed by atoms with Gasteiger partial charge in [0.25, 0.3) is 0 Å². The molecule has 0 aliphatic rings. The summed E-state index contributed by atoms with van der Waals surface area (Å²) in [5.74, 6) is -0.331. The van der Waals surface area contributed by atoms with Crippen LogP contribution in [0.25, 0.3) is 0 Å². The Hall–Kier alpha value is -1.17. The Labute approximate surface area is 216 Å². The van der Waals surface area contributed by atoms with Crippen LogP contribution in [0.15, 0.2) is 24.3 Å². The molecule has 206 valence electrons. The molecule has 0 fully saturated rings. The molecule has 5 heteroatoms. The lowest BCUT2D eigenvalue weighted by atomic mass is 10.0. The number of carbonyl (C=O) groups excluding carboxylic acids is 1. The molecule has 3 unspecified atom stereocenters. The zero-order valence-electron chi connectivity index (χ0n) is 22.9. The van der Waals surface area contributed by atoms with E-state index in [0.29, 0.717) is 6.42 Å². The highest BCUT2D eigenvalue weighted by Crippen LogP contribution is 2.13. The molecule has 0 aliphatic heterocycles. The third-order valence-electron chi connectivity index (χ3n) is 6.49. The quantitative estimate of drug-likeness (QED) is 0.0833. The fraction of sp³-hybridized carbons (Fsp3) is 0.833. The lowest BCUT2D eigenvalue weighted by Gasteiger charge is -2.21. The van der Waals surface area contributed by atoms with E-state index in [-0.39, 0.29) is 18.9 Å². The molecular formula is C30H57NO4. The van der Waals surface area contributed by atoms with Crippen molar-refractivity contribution in [1.82, 2.24) is 5.32 Å². The number of nitrogens with one attached hydrogen (secondary N) is 1. The van der Waals surface area contributed by atoms with E-state index in [1.807, 2.05) is 6.08 Å². The maximum atomic E-state index is 12.2. The third-order valence-corrected chi connectivity index (χ3v) is 6.49. The number of hydrogen-bond acceptors (Lipinski definition) is 4. The maximum absolute atomic E-state index is 12.2. The number of aliphatic hydroxyl groups excluding tert-OH is 3. The van der Waals surface area contributed by atoms with Gasteiger partial charge in [0.2, 0.25) is 5.91 Å². The van der Waals surface area contributed by atoms with Crippen LogP contribution in [0.2, 0.25) is 0 Å². The number of aliphatic hydroxyl groups is 3. The van der Waals surface area contributed by atoms with Gasteiger partial charge in [0.15, 0.2) is 0 Å². The van der Waals surface area contributed by atoms with E-state index in [1.165, 1.54) is 77.0 Å². The van der Waals surface area contributed by atoms with Crippen LogP contribution in [0.1, 0.15) is 136 Å². The van der Waals surface area contributed by atoms with Gasteiger partial charge >= 0.3 is 0 Å². The molecule has 35 heavy (non-hydrogen) atoms. The van der Waals surface area contributed by atoms with Crippen molar-refractivity contribution in [2.75, 3.05) is 6.61 Å².